The van der Waals surface area contributed by atoms with Crippen LogP contribution in [0.5, 0.6) is 0 Å². The number of hydrogen-bond acceptors (Lipinski definition) is 2. The fraction of sp³-hybridized carbons (Fsp3) is 0.429. The second-order valence-electron chi connectivity index (χ2n) is 7.33. The van der Waals surface area contributed by atoms with Gasteiger partial charge in [0, 0.05) is 30.6 Å². The van der Waals surface area contributed by atoms with Crippen LogP contribution in [0.25, 0.3) is 0 Å². The van der Waals surface area contributed by atoms with Crippen LogP contribution in [-0.4, -0.2) is 15.6 Å². The van der Waals surface area contributed by atoms with Gasteiger partial charge in [-0.3, -0.25) is 9.59 Å². The summed E-state index contributed by atoms with van der Waals surface area (Å²) in [5, 5.41) is 8.93. The van der Waals surface area contributed by atoms with E-state index >= 15 is 0 Å². The van der Waals surface area contributed by atoms with E-state index in [0.29, 0.717) is 30.5 Å². The zero-order valence-electron chi connectivity index (χ0n) is 16.0. The van der Waals surface area contributed by atoms with Crippen LogP contribution in [0.4, 0.5) is 13.2 Å². The summed E-state index contributed by atoms with van der Waals surface area (Å²) >= 11 is 0. The lowest BCUT2D eigenvalue weighted by Gasteiger charge is -2.23. The average Bonchev–Trinajstić information content (AvgIpc) is 3.04. The van der Waals surface area contributed by atoms with E-state index in [0.717, 1.165) is 11.1 Å². The summed E-state index contributed by atoms with van der Waals surface area (Å²) in [6, 6.07) is 5.30. The van der Waals surface area contributed by atoms with Crippen molar-refractivity contribution in [1.29, 1.82) is 0 Å². The number of carboxylic acids is 1. The molecule has 4 nitrogen and oxygen atoms in total. The Balaban J connectivity index is 2.20. The minimum Gasteiger partial charge on any atom is -0.481 e. The number of aryl methyl sites for hydroxylation is 1. The highest BCUT2D eigenvalue weighted by atomic mass is 19.4. The van der Waals surface area contributed by atoms with Gasteiger partial charge in [0.2, 0.25) is 0 Å². The van der Waals surface area contributed by atoms with Crippen molar-refractivity contribution in [2.45, 2.75) is 51.6 Å². The summed E-state index contributed by atoms with van der Waals surface area (Å²) in [4.78, 5) is 23.8. The fourth-order valence-corrected chi connectivity index (χ4v) is 4.27. The predicted molar refractivity (Wildman–Crippen MR) is 98.7 cm³/mol. The molecule has 28 heavy (non-hydrogen) atoms. The van der Waals surface area contributed by atoms with Crippen LogP contribution in [0.2, 0.25) is 0 Å². The normalized spacial score (nSPS) is 16.3. The Labute approximate surface area is 160 Å². The number of pyridine rings is 1. The standard InChI is InChI=1S/C21H22F3NO3/c1-11-12(2)25(3)20(28)18(19(11)21(22,23)24)16-9-8-14-13(7-10-17(26)27)5-4-6-15(14)16/h4-6,16H,7-10H2,1-3H3,(H,26,27)/t16-/m1/s1. The Kier molecular flexibility index (Phi) is 5.12. The van der Waals surface area contributed by atoms with E-state index in [1.165, 1.54) is 25.5 Å². The molecule has 1 atom stereocenters. The summed E-state index contributed by atoms with van der Waals surface area (Å²) in [5.74, 6) is -1.57. The molecule has 0 amide bonds. The number of benzene rings is 1. The van der Waals surface area contributed by atoms with Gasteiger partial charge < -0.3 is 9.67 Å². The van der Waals surface area contributed by atoms with Crippen molar-refractivity contribution in [2.24, 2.45) is 7.05 Å². The zero-order chi connectivity index (χ0) is 20.8. The Hall–Kier alpha value is -2.57. The van der Waals surface area contributed by atoms with Crippen molar-refractivity contribution in [3.8, 4) is 0 Å². The third kappa shape index (κ3) is 3.34. The van der Waals surface area contributed by atoms with Gasteiger partial charge >= 0.3 is 12.1 Å². The highest BCUT2D eigenvalue weighted by molar-refractivity contribution is 5.67. The first-order chi connectivity index (χ1) is 13.0. The number of halogens is 3. The van der Waals surface area contributed by atoms with Crippen LogP contribution < -0.4 is 5.56 Å². The lowest BCUT2D eigenvalue weighted by atomic mass is 9.87. The quantitative estimate of drug-likeness (QED) is 0.850. The second kappa shape index (κ2) is 7.11. The van der Waals surface area contributed by atoms with E-state index < -0.39 is 29.2 Å². The fourth-order valence-electron chi connectivity index (χ4n) is 4.27. The number of carboxylic acid groups (broad SMARTS) is 1. The van der Waals surface area contributed by atoms with Gasteiger partial charge in [-0.05, 0) is 55.4 Å². The van der Waals surface area contributed by atoms with Crippen LogP contribution in [-0.2, 0) is 30.9 Å². The lowest BCUT2D eigenvalue weighted by molar-refractivity contribution is -0.139. The average molecular weight is 393 g/mol. The zero-order valence-corrected chi connectivity index (χ0v) is 16.0. The van der Waals surface area contributed by atoms with E-state index in [2.05, 4.69) is 0 Å². The van der Waals surface area contributed by atoms with E-state index in [1.54, 1.807) is 12.1 Å². The first-order valence-corrected chi connectivity index (χ1v) is 9.13. The first-order valence-electron chi connectivity index (χ1n) is 9.13. The van der Waals surface area contributed by atoms with Gasteiger partial charge in [-0.2, -0.15) is 13.2 Å². The summed E-state index contributed by atoms with van der Waals surface area (Å²) < 4.78 is 43.0. The molecular weight excluding hydrogens is 371 g/mol. The van der Waals surface area contributed by atoms with Crippen molar-refractivity contribution in [3.63, 3.8) is 0 Å². The van der Waals surface area contributed by atoms with Crippen LogP contribution in [0.1, 0.15) is 57.8 Å². The highest BCUT2D eigenvalue weighted by Crippen LogP contribution is 2.44. The number of rotatable bonds is 4. The highest BCUT2D eigenvalue weighted by Gasteiger charge is 2.41. The minimum atomic E-state index is -4.62. The van der Waals surface area contributed by atoms with Crippen LogP contribution in [0.15, 0.2) is 23.0 Å². The molecule has 1 aromatic carbocycles. The van der Waals surface area contributed by atoms with Crippen LogP contribution in [0.3, 0.4) is 0 Å². The molecule has 1 N–H and O–H groups in total. The van der Waals surface area contributed by atoms with E-state index in [-0.39, 0.29) is 17.5 Å². The van der Waals surface area contributed by atoms with Gasteiger partial charge in [0.1, 0.15) is 0 Å². The number of carbonyl (C=O) groups is 1. The van der Waals surface area contributed by atoms with Gasteiger partial charge in [0.15, 0.2) is 0 Å². The van der Waals surface area contributed by atoms with Gasteiger partial charge in [0.25, 0.3) is 5.56 Å². The topological polar surface area (TPSA) is 59.3 Å². The minimum absolute atomic E-state index is 0.0413. The largest absolute Gasteiger partial charge is 0.481 e. The monoisotopic (exact) mass is 393 g/mol. The maximum Gasteiger partial charge on any atom is 0.417 e. The lowest BCUT2D eigenvalue weighted by Crippen LogP contribution is -2.31. The summed E-state index contributed by atoms with van der Waals surface area (Å²) in [6.45, 7) is 2.92. The number of alkyl halides is 3. The first kappa shape index (κ1) is 20.2. The number of hydrogen-bond donors (Lipinski definition) is 1. The molecule has 0 unspecified atom stereocenters. The molecule has 150 valence electrons. The Bertz CT molecular complexity index is 1010. The number of fused-ring (bicyclic) bond motifs is 1. The third-order valence-electron chi connectivity index (χ3n) is 5.83. The molecule has 1 aliphatic rings. The van der Waals surface area contributed by atoms with Gasteiger partial charge in [0.05, 0.1) is 5.56 Å². The Morgan fingerprint density at radius 2 is 1.96 bits per heavy atom. The maximum atomic E-state index is 13.9. The van der Waals surface area contributed by atoms with Crippen molar-refractivity contribution in [2.75, 3.05) is 0 Å². The molecule has 0 radical (unpaired) electrons. The molecule has 0 bridgehead atoms. The molecule has 0 aliphatic heterocycles. The summed E-state index contributed by atoms with van der Waals surface area (Å²) in [6.07, 6.45) is -3.41. The summed E-state index contributed by atoms with van der Waals surface area (Å²) in [7, 11) is 1.49. The molecule has 3 rings (SSSR count). The van der Waals surface area contributed by atoms with E-state index in [9.17, 15) is 22.8 Å². The molecule has 2 aromatic rings. The molecular formula is C21H22F3NO3. The second-order valence-corrected chi connectivity index (χ2v) is 7.33. The van der Waals surface area contributed by atoms with Crippen molar-refractivity contribution in [1.82, 2.24) is 4.57 Å². The molecule has 0 saturated heterocycles. The predicted octanol–water partition coefficient (Wildman–Crippen LogP) is 4.12. The summed E-state index contributed by atoms with van der Waals surface area (Å²) in [5.41, 5.74) is 1.13. The molecule has 0 fully saturated rings. The molecule has 1 aliphatic carbocycles. The van der Waals surface area contributed by atoms with Crippen molar-refractivity contribution < 1.29 is 23.1 Å². The maximum absolute atomic E-state index is 13.9. The molecule has 7 heteroatoms. The number of aromatic nitrogens is 1. The smallest absolute Gasteiger partial charge is 0.417 e. The number of aliphatic carboxylic acids is 1. The van der Waals surface area contributed by atoms with Crippen LogP contribution in [0, 0.1) is 13.8 Å². The van der Waals surface area contributed by atoms with Crippen molar-refractivity contribution >= 4 is 5.97 Å². The Morgan fingerprint density at radius 1 is 1.29 bits per heavy atom. The molecule has 1 heterocycles. The molecule has 0 saturated carbocycles. The third-order valence-corrected chi connectivity index (χ3v) is 5.83. The molecule has 0 spiro atoms. The van der Waals surface area contributed by atoms with E-state index in [1.807, 2.05) is 6.07 Å². The van der Waals surface area contributed by atoms with E-state index in [4.69, 9.17) is 5.11 Å². The van der Waals surface area contributed by atoms with Gasteiger partial charge in [-0.15, -0.1) is 0 Å². The van der Waals surface area contributed by atoms with Crippen LogP contribution >= 0.6 is 0 Å². The number of nitrogens with zero attached hydrogens (tertiary/aromatic N) is 1. The Morgan fingerprint density at radius 3 is 2.57 bits per heavy atom. The molecule has 1 aromatic heterocycles. The van der Waals surface area contributed by atoms with Crippen molar-refractivity contribution in [3.05, 3.63) is 67.6 Å². The SMILES string of the molecule is Cc1c(C(F)(F)F)c([C@@H]2CCc3c(CCC(=O)O)cccc32)c(=O)n(C)c1C. The van der Waals surface area contributed by atoms with Gasteiger partial charge in [-0.25, -0.2) is 0 Å². The van der Waals surface area contributed by atoms with Gasteiger partial charge in [-0.1, -0.05) is 18.2 Å².